The molecule has 6 nitrogen and oxygen atoms in total. The number of rotatable bonds is 4. The summed E-state index contributed by atoms with van der Waals surface area (Å²) < 4.78 is 1.82. The Morgan fingerprint density at radius 2 is 1.71 bits per heavy atom. The first-order valence-corrected chi connectivity index (χ1v) is 12.3. The van der Waals surface area contributed by atoms with Crippen molar-refractivity contribution in [3.05, 3.63) is 84.2 Å². The summed E-state index contributed by atoms with van der Waals surface area (Å²) in [5.74, 6) is 0.436. The normalized spacial score (nSPS) is 24.1. The zero-order valence-electron chi connectivity index (χ0n) is 19.6. The van der Waals surface area contributed by atoms with Crippen LogP contribution >= 0.6 is 0 Å². The van der Waals surface area contributed by atoms with Gasteiger partial charge in [-0.2, -0.15) is 9.61 Å². The van der Waals surface area contributed by atoms with E-state index in [0.29, 0.717) is 18.8 Å². The molecule has 2 aromatic carbocycles. The van der Waals surface area contributed by atoms with E-state index >= 15 is 0 Å². The van der Waals surface area contributed by atoms with Crippen molar-refractivity contribution in [2.24, 2.45) is 11.7 Å². The molecule has 174 valence electrons. The van der Waals surface area contributed by atoms with Crippen molar-refractivity contribution in [2.75, 3.05) is 0 Å². The van der Waals surface area contributed by atoms with Crippen LogP contribution in [0.1, 0.15) is 36.9 Å². The van der Waals surface area contributed by atoms with Gasteiger partial charge >= 0.3 is 0 Å². The molecular weight excluding hydrogens is 434 g/mol. The summed E-state index contributed by atoms with van der Waals surface area (Å²) in [6.45, 7) is 1.96. The fourth-order valence-corrected chi connectivity index (χ4v) is 5.83. The summed E-state index contributed by atoms with van der Waals surface area (Å²) in [5, 5.41) is 16.4. The molecule has 0 bridgehead atoms. The highest BCUT2D eigenvalue weighted by atomic mass is 16.3. The largest absolute Gasteiger partial charge is 0.389 e. The molecule has 6 heteroatoms. The molecule has 7 rings (SSSR count). The lowest BCUT2D eigenvalue weighted by Gasteiger charge is -2.52. The topological polar surface area (TPSA) is 89.3 Å². The third-order valence-corrected chi connectivity index (χ3v) is 7.78. The molecule has 2 aliphatic carbocycles. The molecule has 2 saturated carbocycles. The first-order chi connectivity index (χ1) is 16.9. The van der Waals surface area contributed by atoms with Crippen molar-refractivity contribution >= 4 is 16.7 Å². The minimum Gasteiger partial charge on any atom is -0.389 e. The summed E-state index contributed by atoms with van der Waals surface area (Å²) >= 11 is 0. The number of nitrogens with two attached hydrogens (primary N) is 1. The zero-order chi connectivity index (χ0) is 23.8. The second-order valence-corrected chi connectivity index (χ2v) is 10.4. The van der Waals surface area contributed by atoms with Crippen LogP contribution in [-0.4, -0.2) is 30.3 Å². The van der Waals surface area contributed by atoms with E-state index in [1.807, 2.05) is 41.9 Å². The number of aromatic nitrogens is 4. The van der Waals surface area contributed by atoms with Crippen molar-refractivity contribution in [1.29, 1.82) is 0 Å². The van der Waals surface area contributed by atoms with E-state index in [2.05, 4.69) is 52.5 Å². The maximum absolute atomic E-state index is 10.8. The molecule has 0 aliphatic heterocycles. The quantitative estimate of drug-likeness (QED) is 0.393. The number of pyridine rings is 1. The van der Waals surface area contributed by atoms with Crippen molar-refractivity contribution < 1.29 is 5.11 Å². The Balaban J connectivity index is 1.35. The third-order valence-electron chi connectivity index (χ3n) is 7.78. The molecule has 0 radical (unpaired) electrons. The lowest BCUT2D eigenvalue weighted by atomic mass is 9.60. The Hall–Kier alpha value is -3.61. The van der Waals surface area contributed by atoms with E-state index < -0.39 is 11.1 Å². The van der Waals surface area contributed by atoms with Crippen molar-refractivity contribution in [1.82, 2.24) is 19.6 Å². The minimum atomic E-state index is -0.574. The second-order valence-electron chi connectivity index (χ2n) is 10.4. The van der Waals surface area contributed by atoms with E-state index in [1.165, 1.54) is 0 Å². The van der Waals surface area contributed by atoms with Crippen LogP contribution in [0.5, 0.6) is 0 Å². The summed E-state index contributed by atoms with van der Waals surface area (Å²) in [6.07, 6.45) is 5.39. The molecule has 3 N–H and O–H groups in total. The molecule has 5 aromatic rings. The lowest BCUT2D eigenvalue weighted by Crippen LogP contribution is -2.60. The van der Waals surface area contributed by atoms with Gasteiger partial charge in [0.2, 0.25) is 0 Å². The molecule has 0 spiro atoms. The van der Waals surface area contributed by atoms with E-state index in [9.17, 15) is 5.11 Å². The Bertz CT molecular complexity index is 1580. The van der Waals surface area contributed by atoms with Gasteiger partial charge in [-0.3, -0.25) is 0 Å². The fraction of sp³-hybridized carbons (Fsp3) is 0.276. The summed E-state index contributed by atoms with van der Waals surface area (Å²) in [7, 11) is 0. The molecule has 35 heavy (non-hydrogen) atoms. The minimum absolute atomic E-state index is 0.436. The molecule has 0 unspecified atom stereocenters. The van der Waals surface area contributed by atoms with Gasteiger partial charge in [0.1, 0.15) is 0 Å². The molecule has 0 amide bonds. The van der Waals surface area contributed by atoms with Crippen LogP contribution < -0.4 is 5.73 Å². The summed E-state index contributed by atoms with van der Waals surface area (Å²) in [4.78, 5) is 9.71. The van der Waals surface area contributed by atoms with Gasteiger partial charge in [-0.05, 0) is 55.7 Å². The van der Waals surface area contributed by atoms with Gasteiger partial charge in [0, 0.05) is 34.3 Å². The first kappa shape index (κ1) is 20.7. The molecule has 3 heterocycles. The average molecular weight is 462 g/mol. The molecule has 0 saturated heterocycles. The Labute approximate surface area is 203 Å². The highest BCUT2D eigenvalue weighted by Gasteiger charge is 2.58. The monoisotopic (exact) mass is 461 g/mol. The molecular formula is C29H27N5O. The summed E-state index contributed by atoms with van der Waals surface area (Å²) in [6, 6.07) is 22.8. The Morgan fingerprint density at radius 3 is 2.43 bits per heavy atom. The smallest absolute Gasteiger partial charge is 0.165 e. The zero-order valence-corrected chi connectivity index (χ0v) is 19.6. The number of nitrogens with zero attached hydrogens (tertiary/aromatic N) is 4. The molecule has 2 aliphatic rings. The van der Waals surface area contributed by atoms with E-state index in [0.717, 1.165) is 63.2 Å². The number of hydrogen-bond donors (Lipinski definition) is 2. The van der Waals surface area contributed by atoms with Gasteiger partial charge in [-0.15, -0.1) is 0 Å². The Morgan fingerprint density at radius 1 is 0.971 bits per heavy atom. The highest BCUT2D eigenvalue weighted by Crippen LogP contribution is 2.57. The predicted molar refractivity (Wildman–Crippen MR) is 137 cm³/mol. The van der Waals surface area contributed by atoms with Gasteiger partial charge in [0.25, 0.3) is 0 Å². The van der Waals surface area contributed by atoms with Crippen LogP contribution in [0.15, 0.2) is 72.9 Å². The van der Waals surface area contributed by atoms with Crippen LogP contribution in [0.3, 0.4) is 0 Å². The third kappa shape index (κ3) is 3.28. The summed E-state index contributed by atoms with van der Waals surface area (Å²) in [5.41, 5.74) is 13.3. The SMILES string of the molecule is Cc1cc2ncc3cc(-c4ccccc4)c(-c4ccc(C5(N)CC(O)(C6CC6)C5)cc4)nc3n2n1. The second kappa shape index (κ2) is 7.20. The van der Waals surface area contributed by atoms with Crippen molar-refractivity contribution in [2.45, 2.75) is 43.7 Å². The van der Waals surface area contributed by atoms with Crippen molar-refractivity contribution in [3.8, 4) is 22.4 Å². The maximum Gasteiger partial charge on any atom is 0.165 e. The number of aliphatic hydroxyl groups is 1. The number of hydrogen-bond acceptors (Lipinski definition) is 5. The predicted octanol–water partition coefficient (Wildman–Crippen LogP) is 5.01. The van der Waals surface area contributed by atoms with Crippen LogP contribution in [0.2, 0.25) is 0 Å². The van der Waals surface area contributed by atoms with Gasteiger partial charge in [-0.1, -0.05) is 54.6 Å². The van der Waals surface area contributed by atoms with Crippen LogP contribution in [0.25, 0.3) is 39.1 Å². The standard InChI is InChI=1S/C29H27N5O/c1-18-13-25-31-15-21-14-24(19-5-3-2-4-6-19)26(32-27(21)34(25)33-18)20-7-9-22(10-8-20)28(30)16-29(35,17-28)23-11-12-23/h2-10,13-15,23,35H,11-12,16-17,30H2,1H3. The van der Waals surface area contributed by atoms with Crippen molar-refractivity contribution in [3.63, 3.8) is 0 Å². The highest BCUT2D eigenvalue weighted by molar-refractivity contribution is 5.90. The lowest BCUT2D eigenvalue weighted by molar-refractivity contribution is -0.106. The fourth-order valence-electron chi connectivity index (χ4n) is 5.83. The molecule has 2 fully saturated rings. The van der Waals surface area contributed by atoms with Gasteiger partial charge in [0.15, 0.2) is 11.3 Å². The van der Waals surface area contributed by atoms with E-state index in [-0.39, 0.29) is 0 Å². The van der Waals surface area contributed by atoms with Crippen LogP contribution in [-0.2, 0) is 5.54 Å². The Kier molecular flexibility index (Phi) is 4.26. The maximum atomic E-state index is 10.8. The average Bonchev–Trinajstić information content (AvgIpc) is 3.64. The van der Waals surface area contributed by atoms with Gasteiger partial charge in [-0.25, -0.2) is 9.97 Å². The van der Waals surface area contributed by atoms with E-state index in [1.54, 1.807) is 0 Å². The van der Waals surface area contributed by atoms with Gasteiger partial charge in [0.05, 0.1) is 17.0 Å². The van der Waals surface area contributed by atoms with E-state index in [4.69, 9.17) is 10.7 Å². The number of aryl methyl sites for hydroxylation is 1. The molecule has 3 aromatic heterocycles. The van der Waals surface area contributed by atoms with Gasteiger partial charge < -0.3 is 10.8 Å². The number of benzene rings is 2. The molecule has 0 atom stereocenters. The van der Waals surface area contributed by atoms with Crippen LogP contribution in [0.4, 0.5) is 0 Å². The van der Waals surface area contributed by atoms with Crippen LogP contribution in [0, 0.1) is 12.8 Å². The number of fused-ring (bicyclic) bond motifs is 3. The first-order valence-electron chi connectivity index (χ1n) is 12.3.